The van der Waals surface area contributed by atoms with Crippen LogP contribution in [-0.2, 0) is 4.79 Å². The van der Waals surface area contributed by atoms with Crippen molar-refractivity contribution < 1.29 is 19.1 Å². The van der Waals surface area contributed by atoms with Crippen molar-refractivity contribution in [2.45, 2.75) is 31.8 Å². The van der Waals surface area contributed by atoms with Gasteiger partial charge in [0.25, 0.3) is 0 Å². The molecule has 8 heteroatoms. The Labute approximate surface area is 172 Å². The molecule has 0 aromatic heterocycles. The molecule has 0 amide bonds. The first-order valence-corrected chi connectivity index (χ1v) is 10.6. The summed E-state index contributed by atoms with van der Waals surface area (Å²) in [7, 11) is 1.91. The second-order valence-electron chi connectivity index (χ2n) is 8.36. The van der Waals surface area contributed by atoms with Crippen LogP contribution in [0.5, 0.6) is 0 Å². The van der Waals surface area contributed by atoms with Gasteiger partial charge in [-0.3, -0.25) is 4.79 Å². The van der Waals surface area contributed by atoms with Crippen molar-refractivity contribution in [1.82, 2.24) is 5.32 Å². The summed E-state index contributed by atoms with van der Waals surface area (Å²) in [6.07, 6.45) is 0. The van der Waals surface area contributed by atoms with Gasteiger partial charge in [0.1, 0.15) is 11.4 Å². The van der Waals surface area contributed by atoms with E-state index in [4.69, 9.17) is 0 Å². The predicted octanol–water partition coefficient (Wildman–Crippen LogP) is 2.71. The number of hydrogen-bond acceptors (Lipinski definition) is 6. The first-order valence-electron chi connectivity index (χ1n) is 9.74. The zero-order valence-corrected chi connectivity index (χ0v) is 17.3. The van der Waals surface area contributed by atoms with Gasteiger partial charge < -0.3 is 20.2 Å². The van der Waals surface area contributed by atoms with Gasteiger partial charge in [-0.2, -0.15) is 0 Å². The number of nitrogens with one attached hydrogen (secondary N) is 1. The van der Waals surface area contributed by atoms with Crippen molar-refractivity contribution in [3.63, 3.8) is 0 Å². The molecule has 5 rings (SSSR count). The van der Waals surface area contributed by atoms with Gasteiger partial charge in [0.15, 0.2) is 0 Å². The molecule has 1 saturated heterocycles. The average molecular weight is 415 g/mol. The van der Waals surface area contributed by atoms with Gasteiger partial charge >= 0.3 is 5.97 Å². The number of thioether (sulfide) groups is 1. The number of Topliss-reactive ketones (excluding diaryl/α,β-unsaturated/α-hetero) is 1. The molecule has 0 bridgehead atoms. The van der Waals surface area contributed by atoms with Crippen LogP contribution in [0.1, 0.15) is 35.7 Å². The molecule has 1 aromatic rings. The van der Waals surface area contributed by atoms with E-state index in [2.05, 4.69) is 24.1 Å². The molecule has 0 radical (unpaired) electrons. The Morgan fingerprint density at radius 3 is 2.62 bits per heavy atom. The van der Waals surface area contributed by atoms with Crippen molar-refractivity contribution in [3.05, 3.63) is 44.5 Å². The molecule has 3 heterocycles. The van der Waals surface area contributed by atoms with E-state index in [0.29, 0.717) is 30.2 Å². The van der Waals surface area contributed by atoms with Crippen LogP contribution in [0.25, 0.3) is 0 Å². The number of carbonyl (C=O) groups is 2. The van der Waals surface area contributed by atoms with Gasteiger partial charge in [0.05, 0.1) is 11.4 Å². The Morgan fingerprint density at radius 1 is 1.28 bits per heavy atom. The van der Waals surface area contributed by atoms with Crippen LogP contribution in [0.4, 0.5) is 15.8 Å². The average Bonchev–Trinajstić information content (AvgIpc) is 3.03. The quantitative estimate of drug-likeness (QED) is 0.720. The van der Waals surface area contributed by atoms with Gasteiger partial charge in [-0.15, -0.1) is 11.8 Å². The molecule has 4 aliphatic rings. The summed E-state index contributed by atoms with van der Waals surface area (Å²) in [5, 5.41) is 15.1. The number of hydrogen-bond donors (Lipinski definition) is 2. The number of allylic oxidation sites excluding steroid dienone is 1. The van der Waals surface area contributed by atoms with Crippen molar-refractivity contribution in [3.8, 4) is 0 Å². The molecule has 3 aliphatic heterocycles. The fourth-order valence-corrected chi connectivity index (χ4v) is 6.40. The van der Waals surface area contributed by atoms with Crippen LogP contribution < -0.4 is 15.1 Å². The Bertz CT molecular complexity index is 1020. The Kier molecular flexibility index (Phi) is 4.08. The maximum atomic E-state index is 15.5. The second-order valence-corrected chi connectivity index (χ2v) is 9.28. The third-order valence-electron chi connectivity index (χ3n) is 6.13. The molecule has 6 nitrogen and oxygen atoms in total. The minimum absolute atomic E-state index is 0.184. The van der Waals surface area contributed by atoms with E-state index in [9.17, 15) is 14.7 Å². The molecular formula is C21H22FN3O3S. The van der Waals surface area contributed by atoms with Crippen LogP contribution in [0.15, 0.2) is 27.5 Å². The molecule has 1 fully saturated rings. The Hall–Kier alpha value is -2.32. The number of anilines is 2. The van der Waals surface area contributed by atoms with Crippen LogP contribution >= 0.6 is 11.8 Å². The number of aliphatic carboxylic acids is 1. The third-order valence-corrected chi connectivity index (χ3v) is 7.25. The highest BCUT2D eigenvalue weighted by atomic mass is 32.2. The molecule has 0 spiro atoms. The lowest BCUT2D eigenvalue weighted by atomic mass is 9.75. The van der Waals surface area contributed by atoms with Gasteiger partial charge in [-0.1, -0.05) is 0 Å². The molecule has 1 aromatic carbocycles. The minimum atomic E-state index is -1.24. The van der Waals surface area contributed by atoms with Gasteiger partial charge in [-0.25, -0.2) is 9.18 Å². The molecule has 152 valence electrons. The maximum Gasteiger partial charge on any atom is 0.340 e. The normalized spacial score (nSPS) is 27.9. The minimum Gasteiger partial charge on any atom is -0.478 e. The van der Waals surface area contributed by atoms with E-state index in [0.717, 1.165) is 16.8 Å². The Morgan fingerprint density at radius 2 is 1.97 bits per heavy atom. The lowest BCUT2D eigenvalue weighted by Crippen LogP contribution is -2.55. The monoisotopic (exact) mass is 415 g/mol. The second kappa shape index (κ2) is 6.34. The fraction of sp³-hybridized carbons (Fsp3) is 0.429. The third kappa shape index (κ3) is 2.58. The number of likely N-dealkylation sites (N-methyl/N-ethyl adjacent to an activating group) is 1. The lowest BCUT2D eigenvalue weighted by Gasteiger charge is -2.43. The number of benzene rings is 1. The molecular weight excluding hydrogens is 393 g/mol. The Balaban J connectivity index is 1.76. The highest BCUT2D eigenvalue weighted by Crippen LogP contribution is 2.58. The summed E-state index contributed by atoms with van der Waals surface area (Å²) in [6.45, 7) is 6.07. The number of halogens is 1. The van der Waals surface area contributed by atoms with Crippen LogP contribution in [-0.4, -0.2) is 55.6 Å². The number of nitrogens with zero attached hydrogens (tertiary/aromatic N) is 2. The zero-order chi connectivity index (χ0) is 20.6. The molecule has 1 unspecified atom stereocenters. The van der Waals surface area contributed by atoms with E-state index < -0.39 is 17.6 Å². The van der Waals surface area contributed by atoms with Gasteiger partial charge in [0.2, 0.25) is 5.78 Å². The largest absolute Gasteiger partial charge is 0.478 e. The summed E-state index contributed by atoms with van der Waals surface area (Å²) in [5.41, 5.74) is 3.03. The molecule has 1 aliphatic carbocycles. The zero-order valence-electron chi connectivity index (χ0n) is 16.5. The van der Waals surface area contributed by atoms with Crippen LogP contribution in [0.3, 0.4) is 0 Å². The molecule has 29 heavy (non-hydrogen) atoms. The highest BCUT2D eigenvalue weighted by molar-refractivity contribution is 8.06. The molecule has 2 N–H and O–H groups in total. The number of carboxylic acid groups (broad SMARTS) is 1. The summed E-state index contributed by atoms with van der Waals surface area (Å²) < 4.78 is 15.5. The smallest absolute Gasteiger partial charge is 0.340 e. The van der Waals surface area contributed by atoms with E-state index in [1.807, 2.05) is 17.4 Å². The predicted molar refractivity (Wildman–Crippen MR) is 111 cm³/mol. The van der Waals surface area contributed by atoms with E-state index in [1.165, 1.54) is 17.8 Å². The first-order chi connectivity index (χ1) is 13.8. The van der Waals surface area contributed by atoms with Gasteiger partial charge in [-0.05, 0) is 30.9 Å². The van der Waals surface area contributed by atoms with Crippen molar-refractivity contribution >= 4 is 34.9 Å². The first kappa shape index (κ1) is 18.7. The standard InChI is InChI=1S/C21H22FN3O3S/c1-9-5-25(6-10(2)23-9)17-13(22)4-12-15-14-11(7-24(3)18(15)17)8-29-20(14)16(19(12)26)21(27)28/h4,8-10,14,23H,5-7H2,1-3H3,(H,27,28)/t9-,10+,14?. The van der Waals surface area contributed by atoms with E-state index in [1.54, 1.807) is 0 Å². The maximum absolute atomic E-state index is 15.5. The van der Waals surface area contributed by atoms with Crippen molar-refractivity contribution in [2.75, 3.05) is 36.5 Å². The number of piperazine rings is 1. The number of rotatable bonds is 2. The molecule has 0 saturated carbocycles. The van der Waals surface area contributed by atoms with Crippen LogP contribution in [0, 0.1) is 5.82 Å². The topological polar surface area (TPSA) is 72.9 Å². The van der Waals surface area contributed by atoms with E-state index >= 15 is 4.39 Å². The summed E-state index contributed by atoms with van der Waals surface area (Å²) in [4.78, 5) is 29.5. The van der Waals surface area contributed by atoms with Crippen molar-refractivity contribution in [1.29, 1.82) is 0 Å². The van der Waals surface area contributed by atoms with E-state index in [-0.39, 0.29) is 29.1 Å². The SMILES string of the molecule is C[C@@H]1CN(c2c(F)cc3c4c2N(C)CC2=CSC(=C(C(=O)O)C3=O)C24)C[C@H](C)N1. The summed E-state index contributed by atoms with van der Waals surface area (Å²) >= 11 is 1.32. The fourth-order valence-electron chi connectivity index (χ4n) is 5.21. The van der Waals surface area contributed by atoms with Gasteiger partial charge in [0, 0.05) is 60.7 Å². The van der Waals surface area contributed by atoms with Crippen LogP contribution in [0.2, 0.25) is 0 Å². The molecule has 3 atom stereocenters. The summed E-state index contributed by atoms with van der Waals surface area (Å²) in [6, 6.07) is 1.68. The van der Waals surface area contributed by atoms with Crippen molar-refractivity contribution in [2.24, 2.45) is 0 Å². The highest BCUT2D eigenvalue weighted by Gasteiger charge is 2.47. The lowest BCUT2D eigenvalue weighted by molar-refractivity contribution is -0.132. The number of carboxylic acids is 1. The summed E-state index contributed by atoms with van der Waals surface area (Å²) in [5.74, 6) is -2.56. The number of ketones is 1. The number of carbonyl (C=O) groups excluding carboxylic acids is 1.